The molecule has 0 bridgehead atoms. The molecule has 0 aliphatic rings. The van der Waals surface area contributed by atoms with Gasteiger partial charge in [-0.3, -0.25) is 4.90 Å². The molecule has 64 valence electrons. The molecule has 0 aliphatic carbocycles. The Kier molecular flexibility index (Phi) is 2.89. The zero-order chi connectivity index (χ0) is 8.97. The van der Waals surface area contributed by atoms with Gasteiger partial charge in [0.15, 0.2) is 5.76 Å². The third-order valence-electron chi connectivity index (χ3n) is 1.80. The third kappa shape index (κ3) is 2.11. The Labute approximate surface area is 72.3 Å². The Balaban J connectivity index is 2.48. The van der Waals surface area contributed by atoms with Crippen LogP contribution >= 0.6 is 0 Å². The second-order valence-electron chi connectivity index (χ2n) is 2.74. The lowest BCUT2D eigenvalue weighted by Gasteiger charge is -2.17. The number of terminal acetylenes is 1. The van der Waals surface area contributed by atoms with E-state index in [-0.39, 0.29) is 6.04 Å². The van der Waals surface area contributed by atoms with Crippen molar-refractivity contribution in [1.82, 2.24) is 10.1 Å². The lowest BCUT2D eigenvalue weighted by atomic mass is 10.3. The van der Waals surface area contributed by atoms with Crippen LogP contribution in [-0.4, -0.2) is 23.1 Å². The van der Waals surface area contributed by atoms with Gasteiger partial charge in [-0.25, -0.2) is 0 Å². The molecule has 0 amide bonds. The first-order valence-electron chi connectivity index (χ1n) is 3.80. The summed E-state index contributed by atoms with van der Waals surface area (Å²) in [5.74, 6) is 3.47. The third-order valence-corrected chi connectivity index (χ3v) is 1.80. The van der Waals surface area contributed by atoms with Crippen LogP contribution in [0.4, 0.5) is 0 Å². The fraction of sp³-hybridized carbons (Fsp3) is 0.444. The number of hydrogen-bond acceptors (Lipinski definition) is 3. The van der Waals surface area contributed by atoms with E-state index in [0.29, 0.717) is 6.54 Å². The molecule has 3 heteroatoms. The van der Waals surface area contributed by atoms with Crippen molar-refractivity contribution in [2.75, 3.05) is 7.05 Å². The predicted molar refractivity (Wildman–Crippen MR) is 46.3 cm³/mol. The quantitative estimate of drug-likeness (QED) is 0.627. The number of rotatable bonds is 3. The highest BCUT2D eigenvalue weighted by Crippen LogP contribution is 2.03. The van der Waals surface area contributed by atoms with Gasteiger partial charge < -0.3 is 4.52 Å². The van der Waals surface area contributed by atoms with Crippen LogP contribution in [0.3, 0.4) is 0 Å². The van der Waals surface area contributed by atoms with Crippen LogP contribution in [0.25, 0.3) is 0 Å². The molecule has 0 radical (unpaired) electrons. The van der Waals surface area contributed by atoms with E-state index in [1.54, 1.807) is 6.20 Å². The monoisotopic (exact) mass is 164 g/mol. The normalized spacial score (nSPS) is 12.8. The minimum atomic E-state index is 0.120. The molecular weight excluding hydrogens is 152 g/mol. The first-order chi connectivity index (χ1) is 5.74. The largest absolute Gasteiger partial charge is 0.360 e. The maximum Gasteiger partial charge on any atom is 0.150 e. The van der Waals surface area contributed by atoms with Gasteiger partial charge in [-0.2, -0.15) is 0 Å². The van der Waals surface area contributed by atoms with Gasteiger partial charge in [0, 0.05) is 6.07 Å². The summed E-state index contributed by atoms with van der Waals surface area (Å²) in [6.45, 7) is 2.67. The summed E-state index contributed by atoms with van der Waals surface area (Å²) >= 11 is 0. The van der Waals surface area contributed by atoms with Gasteiger partial charge in [-0.15, -0.1) is 6.42 Å². The molecule has 0 spiro atoms. The molecule has 1 heterocycles. The van der Waals surface area contributed by atoms with E-state index in [2.05, 4.69) is 11.1 Å². The average Bonchev–Trinajstić information content (AvgIpc) is 2.55. The van der Waals surface area contributed by atoms with E-state index >= 15 is 0 Å². The first kappa shape index (κ1) is 8.82. The molecule has 1 aromatic heterocycles. The molecule has 1 unspecified atom stereocenters. The van der Waals surface area contributed by atoms with Crippen LogP contribution in [-0.2, 0) is 6.54 Å². The van der Waals surface area contributed by atoms with E-state index in [4.69, 9.17) is 10.9 Å². The standard InChI is InChI=1S/C9H12N2O/c1-4-8(2)11(3)7-9-5-6-10-12-9/h1,5-6,8H,7H2,2-3H3. The van der Waals surface area contributed by atoms with Crippen molar-refractivity contribution in [2.24, 2.45) is 0 Å². The van der Waals surface area contributed by atoms with E-state index in [1.165, 1.54) is 0 Å². The lowest BCUT2D eigenvalue weighted by Crippen LogP contribution is -2.26. The van der Waals surface area contributed by atoms with Crippen LogP contribution in [0.5, 0.6) is 0 Å². The van der Waals surface area contributed by atoms with Crippen molar-refractivity contribution in [3.8, 4) is 12.3 Å². The fourth-order valence-electron chi connectivity index (χ4n) is 0.834. The molecule has 1 atom stereocenters. The predicted octanol–water partition coefficient (Wildman–Crippen LogP) is 1.13. The first-order valence-corrected chi connectivity index (χ1v) is 3.80. The summed E-state index contributed by atoms with van der Waals surface area (Å²) in [5, 5.41) is 3.61. The Morgan fingerprint density at radius 2 is 2.58 bits per heavy atom. The Hall–Kier alpha value is -1.27. The van der Waals surface area contributed by atoms with Gasteiger partial charge in [0.2, 0.25) is 0 Å². The molecule has 3 nitrogen and oxygen atoms in total. The smallest absolute Gasteiger partial charge is 0.150 e. The van der Waals surface area contributed by atoms with E-state index in [9.17, 15) is 0 Å². The lowest BCUT2D eigenvalue weighted by molar-refractivity contribution is 0.252. The number of hydrogen-bond donors (Lipinski definition) is 0. The molecule has 0 saturated heterocycles. The highest BCUT2D eigenvalue weighted by Gasteiger charge is 2.07. The maximum absolute atomic E-state index is 5.26. The summed E-state index contributed by atoms with van der Waals surface area (Å²) < 4.78 is 4.94. The molecule has 0 aliphatic heterocycles. The average molecular weight is 164 g/mol. The topological polar surface area (TPSA) is 29.3 Å². The minimum absolute atomic E-state index is 0.120. The maximum atomic E-state index is 5.26. The SMILES string of the molecule is C#CC(C)N(C)Cc1ccno1. The number of nitrogens with zero attached hydrogens (tertiary/aromatic N) is 2. The van der Waals surface area contributed by atoms with Gasteiger partial charge in [0.1, 0.15) is 0 Å². The molecule has 12 heavy (non-hydrogen) atoms. The Bertz CT molecular complexity index is 261. The molecule has 0 fully saturated rings. The van der Waals surface area contributed by atoms with Gasteiger partial charge in [0.05, 0.1) is 18.8 Å². The second-order valence-corrected chi connectivity index (χ2v) is 2.74. The molecule has 0 saturated carbocycles. The van der Waals surface area contributed by atoms with Crippen molar-refractivity contribution in [3.63, 3.8) is 0 Å². The molecule has 0 N–H and O–H groups in total. The van der Waals surface area contributed by atoms with Crippen molar-refractivity contribution in [1.29, 1.82) is 0 Å². The summed E-state index contributed by atoms with van der Waals surface area (Å²) in [5.41, 5.74) is 0. The molecule has 0 aromatic carbocycles. The van der Waals surface area contributed by atoms with Crippen molar-refractivity contribution >= 4 is 0 Å². The summed E-state index contributed by atoms with van der Waals surface area (Å²) in [6.07, 6.45) is 6.89. The fourth-order valence-corrected chi connectivity index (χ4v) is 0.834. The summed E-state index contributed by atoms with van der Waals surface area (Å²) in [7, 11) is 1.95. The van der Waals surface area contributed by atoms with Crippen LogP contribution in [0, 0.1) is 12.3 Å². The van der Waals surface area contributed by atoms with E-state index in [0.717, 1.165) is 5.76 Å². The van der Waals surface area contributed by atoms with Crippen LogP contribution in [0.2, 0.25) is 0 Å². The molecule has 1 aromatic rings. The zero-order valence-electron chi connectivity index (χ0n) is 7.32. The summed E-state index contributed by atoms with van der Waals surface area (Å²) in [6, 6.07) is 1.95. The van der Waals surface area contributed by atoms with E-state index < -0.39 is 0 Å². The summed E-state index contributed by atoms with van der Waals surface area (Å²) in [4.78, 5) is 2.01. The van der Waals surface area contributed by atoms with Crippen molar-refractivity contribution in [3.05, 3.63) is 18.0 Å². The minimum Gasteiger partial charge on any atom is -0.360 e. The van der Waals surface area contributed by atoms with E-state index in [1.807, 2.05) is 24.9 Å². The van der Waals surface area contributed by atoms with Crippen LogP contribution < -0.4 is 0 Å². The zero-order valence-corrected chi connectivity index (χ0v) is 7.32. The van der Waals surface area contributed by atoms with Crippen LogP contribution in [0.15, 0.2) is 16.8 Å². The van der Waals surface area contributed by atoms with Gasteiger partial charge in [-0.05, 0) is 14.0 Å². The highest BCUT2D eigenvalue weighted by atomic mass is 16.5. The van der Waals surface area contributed by atoms with Gasteiger partial charge in [0.25, 0.3) is 0 Å². The number of aromatic nitrogens is 1. The Morgan fingerprint density at radius 3 is 3.08 bits per heavy atom. The molecule has 1 rings (SSSR count). The van der Waals surface area contributed by atoms with Gasteiger partial charge >= 0.3 is 0 Å². The Morgan fingerprint density at radius 1 is 1.83 bits per heavy atom. The second kappa shape index (κ2) is 3.93. The molecular formula is C9H12N2O. The van der Waals surface area contributed by atoms with Crippen molar-refractivity contribution in [2.45, 2.75) is 19.5 Å². The highest BCUT2D eigenvalue weighted by molar-refractivity contribution is 4.99. The van der Waals surface area contributed by atoms with Crippen LogP contribution in [0.1, 0.15) is 12.7 Å². The van der Waals surface area contributed by atoms with Crippen molar-refractivity contribution < 1.29 is 4.52 Å². The van der Waals surface area contributed by atoms with Gasteiger partial charge in [-0.1, -0.05) is 11.1 Å².